The fraction of sp³-hybridized carbons (Fsp3) is 0.583. The van der Waals surface area contributed by atoms with Gasteiger partial charge in [-0.3, -0.25) is 4.79 Å². The number of carbonyl (C=O) groups excluding carboxylic acids is 1. The monoisotopic (exact) mass is 241 g/mol. The molecule has 0 aromatic carbocycles. The van der Waals surface area contributed by atoms with Crippen molar-refractivity contribution in [2.24, 2.45) is 0 Å². The lowest BCUT2D eigenvalue weighted by Crippen LogP contribution is -2.37. The van der Waals surface area contributed by atoms with Gasteiger partial charge in [0.15, 0.2) is 0 Å². The summed E-state index contributed by atoms with van der Waals surface area (Å²) in [5.41, 5.74) is 0.0496. The molecule has 0 spiro atoms. The molecule has 0 amide bonds. The van der Waals surface area contributed by atoms with Crippen molar-refractivity contribution in [3.8, 4) is 0 Å². The molecular weight excluding hydrogens is 222 g/mol. The molecule has 0 fully saturated rings. The van der Waals surface area contributed by atoms with Crippen LogP contribution in [-0.2, 0) is 16.1 Å². The van der Waals surface area contributed by atoms with E-state index in [0.29, 0.717) is 19.6 Å². The molecule has 0 bridgehead atoms. The highest BCUT2D eigenvalue weighted by atomic mass is 32.1. The zero-order valence-electron chi connectivity index (χ0n) is 10.1. The predicted octanol–water partition coefficient (Wildman–Crippen LogP) is 2.57. The molecule has 1 aromatic rings. The minimum Gasteiger partial charge on any atom is -0.460 e. The molecule has 3 nitrogen and oxygen atoms in total. The van der Waals surface area contributed by atoms with Crippen LogP contribution in [0, 0.1) is 0 Å². The summed E-state index contributed by atoms with van der Waals surface area (Å²) in [6, 6.07) is 3.92. The molecule has 16 heavy (non-hydrogen) atoms. The topological polar surface area (TPSA) is 38.3 Å². The van der Waals surface area contributed by atoms with Crippen LogP contribution in [0.1, 0.15) is 32.1 Å². The maximum atomic E-state index is 11.4. The lowest BCUT2D eigenvalue weighted by atomic mass is 10.1. The standard InChI is InChI=1S/C12H19NO2S/c1-12(2,3)13-7-6-11(14)15-9-10-5-4-8-16-10/h4-5,8,13H,6-7,9H2,1-3H3. The Morgan fingerprint density at radius 2 is 2.25 bits per heavy atom. The molecule has 1 heterocycles. The van der Waals surface area contributed by atoms with Crippen molar-refractivity contribution < 1.29 is 9.53 Å². The highest BCUT2D eigenvalue weighted by Gasteiger charge is 2.10. The zero-order chi connectivity index (χ0) is 12.0. The van der Waals surface area contributed by atoms with E-state index in [-0.39, 0.29) is 11.5 Å². The Kier molecular flexibility index (Phi) is 4.96. The number of thiophene rings is 1. The van der Waals surface area contributed by atoms with Crippen LogP contribution in [0.4, 0.5) is 0 Å². The first kappa shape index (κ1) is 13.2. The minimum atomic E-state index is -0.148. The van der Waals surface area contributed by atoms with Crippen LogP contribution in [0.15, 0.2) is 17.5 Å². The molecule has 1 rings (SSSR count). The third kappa shape index (κ3) is 5.88. The Labute approximate surface area is 101 Å². The Hall–Kier alpha value is -0.870. The van der Waals surface area contributed by atoms with Crippen molar-refractivity contribution in [2.45, 2.75) is 39.3 Å². The van der Waals surface area contributed by atoms with Crippen LogP contribution in [0.3, 0.4) is 0 Å². The number of esters is 1. The van der Waals surface area contributed by atoms with Gasteiger partial charge in [0.1, 0.15) is 6.61 Å². The van der Waals surface area contributed by atoms with Gasteiger partial charge in [0, 0.05) is 17.0 Å². The molecule has 4 heteroatoms. The van der Waals surface area contributed by atoms with Crippen molar-refractivity contribution >= 4 is 17.3 Å². The van der Waals surface area contributed by atoms with E-state index >= 15 is 0 Å². The van der Waals surface area contributed by atoms with E-state index in [1.165, 1.54) is 0 Å². The van der Waals surface area contributed by atoms with Crippen molar-refractivity contribution in [3.05, 3.63) is 22.4 Å². The first-order valence-electron chi connectivity index (χ1n) is 5.40. The molecule has 0 aliphatic heterocycles. The molecule has 0 aliphatic rings. The van der Waals surface area contributed by atoms with Crippen LogP contribution < -0.4 is 5.32 Å². The van der Waals surface area contributed by atoms with Crippen molar-refractivity contribution in [3.63, 3.8) is 0 Å². The summed E-state index contributed by atoms with van der Waals surface area (Å²) in [6.07, 6.45) is 0.419. The maximum Gasteiger partial charge on any atom is 0.307 e. The smallest absolute Gasteiger partial charge is 0.307 e. The van der Waals surface area contributed by atoms with E-state index in [9.17, 15) is 4.79 Å². The predicted molar refractivity (Wildman–Crippen MR) is 66.5 cm³/mol. The molecule has 1 N–H and O–H groups in total. The van der Waals surface area contributed by atoms with E-state index in [1.54, 1.807) is 11.3 Å². The summed E-state index contributed by atoms with van der Waals surface area (Å²) in [5.74, 6) is -0.148. The number of ether oxygens (including phenoxy) is 1. The van der Waals surface area contributed by atoms with Gasteiger partial charge < -0.3 is 10.1 Å². The molecule has 0 saturated heterocycles. The van der Waals surface area contributed by atoms with Gasteiger partial charge in [0.05, 0.1) is 6.42 Å². The molecule has 1 aromatic heterocycles. The van der Waals surface area contributed by atoms with Gasteiger partial charge in [-0.25, -0.2) is 0 Å². The fourth-order valence-corrected chi connectivity index (χ4v) is 1.77. The summed E-state index contributed by atoms with van der Waals surface area (Å²) >= 11 is 1.60. The fourth-order valence-electron chi connectivity index (χ4n) is 1.16. The third-order valence-corrected chi connectivity index (χ3v) is 2.79. The van der Waals surface area contributed by atoms with E-state index in [4.69, 9.17) is 4.74 Å². The van der Waals surface area contributed by atoms with Crippen LogP contribution in [-0.4, -0.2) is 18.1 Å². The molecular formula is C12H19NO2S. The molecule has 0 saturated carbocycles. The van der Waals surface area contributed by atoms with E-state index in [1.807, 2.05) is 17.5 Å². The minimum absolute atomic E-state index is 0.0496. The average molecular weight is 241 g/mol. The van der Waals surface area contributed by atoms with E-state index < -0.39 is 0 Å². The van der Waals surface area contributed by atoms with Gasteiger partial charge >= 0.3 is 5.97 Å². The van der Waals surface area contributed by atoms with E-state index in [0.717, 1.165) is 4.88 Å². The van der Waals surface area contributed by atoms with Crippen molar-refractivity contribution in [1.82, 2.24) is 5.32 Å². The first-order chi connectivity index (χ1) is 7.47. The molecule has 0 aliphatic carbocycles. The van der Waals surface area contributed by atoms with E-state index in [2.05, 4.69) is 26.1 Å². The summed E-state index contributed by atoms with van der Waals surface area (Å²) in [7, 11) is 0. The zero-order valence-corrected chi connectivity index (χ0v) is 10.9. The molecule has 0 atom stereocenters. The second-order valence-electron chi connectivity index (χ2n) is 4.67. The third-order valence-electron chi connectivity index (χ3n) is 1.94. The maximum absolute atomic E-state index is 11.4. The Morgan fingerprint density at radius 1 is 1.50 bits per heavy atom. The Bertz CT molecular complexity index is 314. The van der Waals surface area contributed by atoms with Gasteiger partial charge in [-0.2, -0.15) is 0 Å². The molecule has 0 radical (unpaired) electrons. The van der Waals surface area contributed by atoms with Crippen molar-refractivity contribution in [2.75, 3.05) is 6.54 Å². The lowest BCUT2D eigenvalue weighted by molar-refractivity contribution is -0.144. The summed E-state index contributed by atoms with van der Waals surface area (Å²) in [4.78, 5) is 12.4. The largest absolute Gasteiger partial charge is 0.460 e. The highest BCUT2D eigenvalue weighted by molar-refractivity contribution is 7.09. The van der Waals surface area contributed by atoms with Crippen LogP contribution in [0.25, 0.3) is 0 Å². The second kappa shape index (κ2) is 6.01. The van der Waals surface area contributed by atoms with Gasteiger partial charge in [-0.1, -0.05) is 6.07 Å². The van der Waals surface area contributed by atoms with Gasteiger partial charge in [-0.15, -0.1) is 11.3 Å². The van der Waals surface area contributed by atoms with Gasteiger partial charge in [0.2, 0.25) is 0 Å². The number of rotatable bonds is 5. The van der Waals surface area contributed by atoms with Crippen molar-refractivity contribution in [1.29, 1.82) is 0 Å². The quantitative estimate of drug-likeness (QED) is 0.805. The molecule has 90 valence electrons. The normalized spacial score (nSPS) is 11.4. The average Bonchev–Trinajstić information content (AvgIpc) is 2.65. The lowest BCUT2D eigenvalue weighted by Gasteiger charge is -2.19. The summed E-state index contributed by atoms with van der Waals surface area (Å²) in [6.45, 7) is 7.27. The van der Waals surface area contributed by atoms with Crippen LogP contribution in [0.5, 0.6) is 0 Å². The second-order valence-corrected chi connectivity index (χ2v) is 5.70. The summed E-state index contributed by atoms with van der Waals surface area (Å²) < 4.78 is 5.13. The first-order valence-corrected chi connectivity index (χ1v) is 6.28. The Balaban J connectivity index is 2.12. The Morgan fingerprint density at radius 3 is 2.81 bits per heavy atom. The number of carbonyl (C=O) groups is 1. The number of hydrogen-bond donors (Lipinski definition) is 1. The highest BCUT2D eigenvalue weighted by Crippen LogP contribution is 2.09. The SMILES string of the molecule is CC(C)(C)NCCC(=O)OCc1cccs1. The number of nitrogens with one attached hydrogen (secondary N) is 1. The van der Waals surface area contributed by atoms with Gasteiger partial charge in [-0.05, 0) is 32.2 Å². The number of hydrogen-bond acceptors (Lipinski definition) is 4. The van der Waals surface area contributed by atoms with Crippen LogP contribution in [0.2, 0.25) is 0 Å². The molecule has 0 unspecified atom stereocenters. The van der Waals surface area contributed by atoms with Crippen LogP contribution >= 0.6 is 11.3 Å². The van der Waals surface area contributed by atoms with Gasteiger partial charge in [0.25, 0.3) is 0 Å². The summed E-state index contributed by atoms with van der Waals surface area (Å²) in [5, 5.41) is 5.22.